The molecule has 0 aromatic heterocycles. The van der Waals surface area contributed by atoms with Crippen molar-refractivity contribution in [3.63, 3.8) is 0 Å². The van der Waals surface area contributed by atoms with Gasteiger partial charge in [0.2, 0.25) is 0 Å². The summed E-state index contributed by atoms with van der Waals surface area (Å²) in [5.41, 5.74) is 3.72. The van der Waals surface area contributed by atoms with E-state index < -0.39 is 0 Å². The quantitative estimate of drug-likeness (QED) is 0.788. The van der Waals surface area contributed by atoms with Crippen molar-refractivity contribution in [1.29, 1.82) is 0 Å². The van der Waals surface area contributed by atoms with E-state index in [1.54, 1.807) is 0 Å². The molecule has 1 N–H and O–H groups in total. The summed E-state index contributed by atoms with van der Waals surface area (Å²) >= 11 is 6.20. The number of rotatable bonds is 1. The van der Waals surface area contributed by atoms with E-state index in [1.165, 1.54) is 16.8 Å². The van der Waals surface area contributed by atoms with E-state index in [9.17, 15) is 0 Å². The van der Waals surface area contributed by atoms with Crippen molar-refractivity contribution < 1.29 is 0 Å². The van der Waals surface area contributed by atoms with Gasteiger partial charge in [-0.3, -0.25) is 0 Å². The standard InChI is InChI=1S/C12H17ClN2/c1-9-7-11(8-12(13)10(9)2)15-5-3-14-4-6-15/h7-8,14H,3-6H2,1-2H3. The highest BCUT2D eigenvalue weighted by Gasteiger charge is 2.12. The van der Waals surface area contributed by atoms with Crippen molar-refractivity contribution in [3.8, 4) is 0 Å². The minimum absolute atomic E-state index is 0.878. The summed E-state index contributed by atoms with van der Waals surface area (Å²) in [5, 5.41) is 4.23. The van der Waals surface area contributed by atoms with Crippen molar-refractivity contribution in [1.82, 2.24) is 5.32 Å². The number of nitrogens with one attached hydrogen (secondary N) is 1. The summed E-state index contributed by atoms with van der Waals surface area (Å²) in [7, 11) is 0. The molecular weight excluding hydrogens is 208 g/mol. The first-order valence-corrected chi connectivity index (χ1v) is 5.78. The first kappa shape index (κ1) is 10.8. The topological polar surface area (TPSA) is 15.3 Å². The van der Waals surface area contributed by atoms with Gasteiger partial charge in [-0.05, 0) is 37.1 Å². The van der Waals surface area contributed by atoms with Gasteiger partial charge in [0.1, 0.15) is 0 Å². The molecule has 2 rings (SSSR count). The highest BCUT2D eigenvalue weighted by Crippen LogP contribution is 2.26. The van der Waals surface area contributed by atoms with Crippen LogP contribution in [0.1, 0.15) is 11.1 Å². The molecule has 1 aromatic rings. The lowest BCUT2D eigenvalue weighted by molar-refractivity contribution is 0.589. The predicted octanol–water partition coefficient (Wildman–Crippen LogP) is 2.37. The number of aryl methyl sites for hydroxylation is 1. The third kappa shape index (κ3) is 2.27. The molecule has 0 bridgehead atoms. The van der Waals surface area contributed by atoms with Gasteiger partial charge in [-0.15, -0.1) is 0 Å². The van der Waals surface area contributed by atoms with Crippen LogP contribution >= 0.6 is 11.6 Å². The van der Waals surface area contributed by atoms with Gasteiger partial charge in [0.15, 0.2) is 0 Å². The Morgan fingerprint density at radius 2 is 1.87 bits per heavy atom. The van der Waals surface area contributed by atoms with Crippen LogP contribution < -0.4 is 10.2 Å². The Hall–Kier alpha value is -0.730. The number of benzene rings is 1. The van der Waals surface area contributed by atoms with Gasteiger partial charge < -0.3 is 10.2 Å². The van der Waals surface area contributed by atoms with Crippen molar-refractivity contribution in [2.24, 2.45) is 0 Å². The third-order valence-electron chi connectivity index (χ3n) is 3.07. The summed E-state index contributed by atoms with van der Waals surface area (Å²) in [4.78, 5) is 2.38. The number of hydrogen-bond acceptors (Lipinski definition) is 2. The summed E-state index contributed by atoms with van der Waals surface area (Å²) in [5.74, 6) is 0. The Balaban J connectivity index is 2.27. The average molecular weight is 225 g/mol. The largest absolute Gasteiger partial charge is 0.369 e. The molecule has 0 spiro atoms. The summed E-state index contributed by atoms with van der Waals surface area (Å²) < 4.78 is 0. The van der Waals surface area contributed by atoms with Crippen LogP contribution in [0.5, 0.6) is 0 Å². The van der Waals surface area contributed by atoms with E-state index in [4.69, 9.17) is 11.6 Å². The molecular formula is C12H17ClN2. The van der Waals surface area contributed by atoms with Gasteiger partial charge in [-0.25, -0.2) is 0 Å². The third-order valence-corrected chi connectivity index (χ3v) is 3.46. The Morgan fingerprint density at radius 1 is 1.20 bits per heavy atom. The zero-order chi connectivity index (χ0) is 10.8. The van der Waals surface area contributed by atoms with Crippen LogP contribution in [0.25, 0.3) is 0 Å². The molecule has 1 aromatic carbocycles. The van der Waals surface area contributed by atoms with Crippen molar-refractivity contribution in [3.05, 3.63) is 28.3 Å². The van der Waals surface area contributed by atoms with Crippen LogP contribution in [0.3, 0.4) is 0 Å². The van der Waals surface area contributed by atoms with Crippen LogP contribution in [-0.4, -0.2) is 26.2 Å². The van der Waals surface area contributed by atoms with E-state index in [1.807, 2.05) is 0 Å². The zero-order valence-corrected chi connectivity index (χ0v) is 10.1. The molecule has 1 aliphatic rings. The lowest BCUT2D eigenvalue weighted by Crippen LogP contribution is -2.43. The Morgan fingerprint density at radius 3 is 2.47 bits per heavy atom. The van der Waals surface area contributed by atoms with Gasteiger partial charge in [0, 0.05) is 36.9 Å². The fourth-order valence-electron chi connectivity index (χ4n) is 1.90. The molecule has 2 nitrogen and oxygen atoms in total. The molecule has 0 amide bonds. The minimum atomic E-state index is 0.878. The molecule has 1 aliphatic heterocycles. The maximum absolute atomic E-state index is 6.20. The average Bonchev–Trinajstić information content (AvgIpc) is 2.26. The molecule has 15 heavy (non-hydrogen) atoms. The zero-order valence-electron chi connectivity index (χ0n) is 9.31. The number of anilines is 1. The van der Waals surface area contributed by atoms with Crippen molar-refractivity contribution in [2.75, 3.05) is 31.1 Å². The molecule has 0 radical (unpaired) electrons. The fourth-order valence-corrected chi connectivity index (χ4v) is 2.16. The second-order valence-corrected chi connectivity index (χ2v) is 4.51. The van der Waals surface area contributed by atoms with Gasteiger partial charge in [-0.1, -0.05) is 11.6 Å². The number of hydrogen-bond donors (Lipinski definition) is 1. The Kier molecular flexibility index (Phi) is 3.17. The second kappa shape index (κ2) is 4.42. The summed E-state index contributed by atoms with van der Waals surface area (Å²) in [6.07, 6.45) is 0. The molecule has 1 saturated heterocycles. The molecule has 1 heterocycles. The lowest BCUT2D eigenvalue weighted by Gasteiger charge is -2.30. The van der Waals surface area contributed by atoms with Crippen LogP contribution in [0.4, 0.5) is 5.69 Å². The minimum Gasteiger partial charge on any atom is -0.369 e. The van der Waals surface area contributed by atoms with Crippen molar-refractivity contribution >= 4 is 17.3 Å². The Labute approximate surface area is 96.2 Å². The molecule has 0 saturated carbocycles. The number of piperazine rings is 1. The molecule has 82 valence electrons. The second-order valence-electron chi connectivity index (χ2n) is 4.11. The summed E-state index contributed by atoms with van der Waals surface area (Å²) in [6, 6.07) is 4.31. The number of nitrogens with zero attached hydrogens (tertiary/aromatic N) is 1. The van der Waals surface area contributed by atoms with Crippen LogP contribution in [-0.2, 0) is 0 Å². The first-order valence-electron chi connectivity index (χ1n) is 5.41. The molecule has 0 atom stereocenters. The van der Waals surface area contributed by atoms with Gasteiger partial charge >= 0.3 is 0 Å². The van der Waals surface area contributed by atoms with Crippen LogP contribution in [0.2, 0.25) is 5.02 Å². The van der Waals surface area contributed by atoms with Gasteiger partial charge in [0.05, 0.1) is 0 Å². The normalized spacial score (nSPS) is 16.9. The molecule has 0 aliphatic carbocycles. The molecule has 3 heteroatoms. The van der Waals surface area contributed by atoms with Gasteiger partial charge in [0.25, 0.3) is 0 Å². The smallest absolute Gasteiger partial charge is 0.0458 e. The van der Waals surface area contributed by atoms with Crippen molar-refractivity contribution in [2.45, 2.75) is 13.8 Å². The maximum atomic E-state index is 6.20. The maximum Gasteiger partial charge on any atom is 0.0458 e. The summed E-state index contributed by atoms with van der Waals surface area (Å²) in [6.45, 7) is 8.44. The molecule has 1 fully saturated rings. The van der Waals surface area contributed by atoms with Crippen LogP contribution in [0.15, 0.2) is 12.1 Å². The van der Waals surface area contributed by atoms with Gasteiger partial charge in [-0.2, -0.15) is 0 Å². The van der Waals surface area contributed by atoms with E-state index in [0.29, 0.717) is 0 Å². The molecule has 0 unspecified atom stereocenters. The SMILES string of the molecule is Cc1cc(N2CCNCC2)cc(Cl)c1C. The lowest BCUT2D eigenvalue weighted by atomic mass is 10.1. The highest BCUT2D eigenvalue weighted by atomic mass is 35.5. The van der Waals surface area contributed by atoms with E-state index >= 15 is 0 Å². The highest BCUT2D eigenvalue weighted by molar-refractivity contribution is 6.31. The first-order chi connectivity index (χ1) is 7.18. The predicted molar refractivity (Wildman–Crippen MR) is 66.0 cm³/mol. The fraction of sp³-hybridized carbons (Fsp3) is 0.500. The monoisotopic (exact) mass is 224 g/mol. The van der Waals surface area contributed by atoms with E-state index in [-0.39, 0.29) is 0 Å². The van der Waals surface area contributed by atoms with E-state index in [2.05, 4.69) is 36.2 Å². The number of halogens is 1. The van der Waals surface area contributed by atoms with Crippen LogP contribution in [0, 0.1) is 13.8 Å². The van der Waals surface area contributed by atoms with E-state index in [0.717, 1.165) is 31.2 Å². The Bertz CT molecular complexity index is 334.